The molecule has 0 aromatic rings. The summed E-state index contributed by atoms with van der Waals surface area (Å²) in [6, 6.07) is 0. The largest absolute Gasteiger partial charge is 0.386 e. The van der Waals surface area contributed by atoms with E-state index in [1.807, 2.05) is 0 Å². The van der Waals surface area contributed by atoms with E-state index in [1.54, 1.807) is 0 Å². The van der Waals surface area contributed by atoms with Crippen molar-refractivity contribution < 1.29 is 9.90 Å². The van der Waals surface area contributed by atoms with Crippen LogP contribution in [0.15, 0.2) is 0 Å². The number of hydrogen-bond acceptors (Lipinski definition) is 3. The van der Waals surface area contributed by atoms with Crippen LogP contribution in [0.25, 0.3) is 0 Å². The Morgan fingerprint density at radius 2 is 2.36 bits per heavy atom. The van der Waals surface area contributed by atoms with E-state index in [-0.39, 0.29) is 11.8 Å². The van der Waals surface area contributed by atoms with Gasteiger partial charge in [0, 0.05) is 13.1 Å². The van der Waals surface area contributed by atoms with Gasteiger partial charge in [0.25, 0.3) is 0 Å². The Hall–Kier alpha value is -0.610. The van der Waals surface area contributed by atoms with Crippen molar-refractivity contribution in [3.05, 3.63) is 0 Å². The van der Waals surface area contributed by atoms with Crippen molar-refractivity contribution in [2.24, 2.45) is 5.92 Å². The number of amides is 1. The summed E-state index contributed by atoms with van der Waals surface area (Å²) in [4.78, 5) is 11.1. The third-order valence-corrected chi connectivity index (χ3v) is 2.57. The predicted octanol–water partition coefficient (Wildman–Crippen LogP) is -1.54. The van der Waals surface area contributed by atoms with E-state index in [9.17, 15) is 9.90 Å². The van der Waals surface area contributed by atoms with Gasteiger partial charge in [-0.15, -0.1) is 0 Å². The highest BCUT2D eigenvalue weighted by Gasteiger charge is 2.48. The van der Waals surface area contributed by atoms with Crippen LogP contribution < -0.4 is 10.6 Å². The number of piperidine rings is 1. The molecule has 0 aliphatic carbocycles. The number of carbonyl (C=O) groups is 1. The normalized spacial score (nSPS) is 43.4. The summed E-state index contributed by atoms with van der Waals surface area (Å²) in [7, 11) is 0. The summed E-state index contributed by atoms with van der Waals surface area (Å²) in [5, 5.41) is 15.6. The van der Waals surface area contributed by atoms with Gasteiger partial charge in [0.2, 0.25) is 5.91 Å². The highest BCUT2D eigenvalue weighted by Crippen LogP contribution is 2.27. The maximum atomic E-state index is 11.1. The number of nitrogens with one attached hydrogen (secondary N) is 2. The fourth-order valence-electron chi connectivity index (χ4n) is 1.87. The Bertz CT molecular complexity index is 195. The van der Waals surface area contributed by atoms with Gasteiger partial charge in [-0.05, 0) is 13.0 Å². The van der Waals surface area contributed by atoms with Crippen molar-refractivity contribution in [1.82, 2.24) is 10.6 Å². The second-order valence-electron chi connectivity index (χ2n) is 3.34. The zero-order valence-corrected chi connectivity index (χ0v) is 6.26. The van der Waals surface area contributed by atoms with Crippen LogP contribution in [0, 0.1) is 5.92 Å². The minimum absolute atomic E-state index is 0.00833. The van der Waals surface area contributed by atoms with Gasteiger partial charge < -0.3 is 15.7 Å². The highest BCUT2D eigenvalue weighted by molar-refractivity contribution is 5.82. The summed E-state index contributed by atoms with van der Waals surface area (Å²) < 4.78 is 0. The summed E-state index contributed by atoms with van der Waals surface area (Å²) in [6.45, 7) is 1.78. The fraction of sp³-hybridized carbons (Fsp3) is 0.857. The van der Waals surface area contributed by atoms with E-state index in [4.69, 9.17) is 0 Å². The molecule has 4 heteroatoms. The van der Waals surface area contributed by atoms with Crippen molar-refractivity contribution in [2.45, 2.75) is 12.0 Å². The summed E-state index contributed by atoms with van der Waals surface area (Å²) in [5.74, 6) is -0.169. The SMILES string of the molecule is O=C1NC[C@@]2(O)CNCC[C@H]12. The number of β-amino-alcohol motifs (C(OH)–C–C–N with tert-alkyl or cyclic N) is 1. The minimum Gasteiger partial charge on any atom is -0.386 e. The van der Waals surface area contributed by atoms with Crippen LogP contribution >= 0.6 is 0 Å². The first-order valence-electron chi connectivity index (χ1n) is 3.93. The van der Waals surface area contributed by atoms with Crippen LogP contribution in [0.4, 0.5) is 0 Å². The summed E-state index contributed by atoms with van der Waals surface area (Å²) >= 11 is 0. The van der Waals surface area contributed by atoms with Crippen molar-refractivity contribution >= 4 is 5.91 Å². The van der Waals surface area contributed by atoms with E-state index in [0.717, 1.165) is 13.0 Å². The summed E-state index contributed by atoms with van der Waals surface area (Å²) in [5.41, 5.74) is -0.810. The maximum Gasteiger partial charge on any atom is 0.226 e. The molecule has 1 amide bonds. The van der Waals surface area contributed by atoms with E-state index < -0.39 is 5.60 Å². The molecule has 2 atom stereocenters. The number of aliphatic hydroxyl groups is 1. The summed E-state index contributed by atoms with van der Waals surface area (Å²) in [6.07, 6.45) is 0.752. The third kappa shape index (κ3) is 0.937. The highest BCUT2D eigenvalue weighted by atomic mass is 16.3. The molecule has 0 unspecified atom stereocenters. The molecule has 2 aliphatic rings. The Morgan fingerprint density at radius 3 is 3.09 bits per heavy atom. The van der Waals surface area contributed by atoms with Crippen molar-refractivity contribution in [3.63, 3.8) is 0 Å². The third-order valence-electron chi connectivity index (χ3n) is 2.57. The number of hydrogen-bond donors (Lipinski definition) is 3. The second-order valence-corrected chi connectivity index (χ2v) is 3.34. The molecule has 0 aromatic carbocycles. The molecule has 4 nitrogen and oxygen atoms in total. The van der Waals surface area contributed by atoms with Gasteiger partial charge in [0.15, 0.2) is 0 Å². The topological polar surface area (TPSA) is 61.4 Å². The molecule has 0 aromatic heterocycles. The fourth-order valence-corrected chi connectivity index (χ4v) is 1.87. The van der Waals surface area contributed by atoms with E-state index in [0.29, 0.717) is 13.1 Å². The lowest BCUT2D eigenvalue weighted by Gasteiger charge is -2.32. The van der Waals surface area contributed by atoms with Gasteiger partial charge in [-0.2, -0.15) is 0 Å². The van der Waals surface area contributed by atoms with Crippen LogP contribution in [0.1, 0.15) is 6.42 Å². The lowest BCUT2D eigenvalue weighted by molar-refractivity contribution is -0.127. The standard InChI is InChI=1S/C7H12N2O2/c10-6-5-1-2-8-3-7(5,11)4-9-6/h5,8,11H,1-4H2,(H,9,10)/t5-,7+/m1/s1. The Kier molecular flexibility index (Phi) is 1.40. The second kappa shape index (κ2) is 2.19. The van der Waals surface area contributed by atoms with Crippen molar-refractivity contribution in [1.29, 1.82) is 0 Å². The first-order valence-corrected chi connectivity index (χ1v) is 3.93. The average molecular weight is 156 g/mol. The smallest absolute Gasteiger partial charge is 0.226 e. The van der Waals surface area contributed by atoms with E-state index >= 15 is 0 Å². The molecule has 2 fully saturated rings. The van der Waals surface area contributed by atoms with Gasteiger partial charge in [0.05, 0.1) is 5.92 Å². The quantitative estimate of drug-likeness (QED) is 0.398. The van der Waals surface area contributed by atoms with Crippen LogP contribution in [-0.4, -0.2) is 36.2 Å². The molecule has 62 valence electrons. The molecular weight excluding hydrogens is 144 g/mol. The molecule has 0 saturated carbocycles. The van der Waals surface area contributed by atoms with Crippen LogP contribution in [0.3, 0.4) is 0 Å². The van der Waals surface area contributed by atoms with Gasteiger partial charge in [-0.25, -0.2) is 0 Å². The molecule has 0 radical (unpaired) electrons. The van der Waals surface area contributed by atoms with Crippen LogP contribution in [0.2, 0.25) is 0 Å². The van der Waals surface area contributed by atoms with Crippen LogP contribution in [-0.2, 0) is 4.79 Å². The van der Waals surface area contributed by atoms with Crippen molar-refractivity contribution in [3.8, 4) is 0 Å². The molecule has 2 aliphatic heterocycles. The van der Waals surface area contributed by atoms with E-state index in [2.05, 4.69) is 10.6 Å². The molecule has 2 rings (SSSR count). The zero-order chi connectivity index (χ0) is 7.90. The zero-order valence-electron chi connectivity index (χ0n) is 6.26. The minimum atomic E-state index is -0.810. The number of carbonyl (C=O) groups excluding carboxylic acids is 1. The van der Waals surface area contributed by atoms with Gasteiger partial charge in [0.1, 0.15) is 5.60 Å². The molecule has 2 heterocycles. The van der Waals surface area contributed by atoms with Gasteiger partial charge in [-0.1, -0.05) is 0 Å². The van der Waals surface area contributed by atoms with Crippen LogP contribution in [0.5, 0.6) is 0 Å². The molecule has 3 N–H and O–H groups in total. The number of fused-ring (bicyclic) bond motifs is 1. The Morgan fingerprint density at radius 1 is 1.55 bits per heavy atom. The Labute approximate surface area is 65.0 Å². The van der Waals surface area contributed by atoms with Gasteiger partial charge in [-0.3, -0.25) is 4.79 Å². The molecule has 0 bridgehead atoms. The molecule has 11 heavy (non-hydrogen) atoms. The first-order chi connectivity index (χ1) is 5.22. The molecule has 0 spiro atoms. The molecular formula is C7H12N2O2. The lowest BCUT2D eigenvalue weighted by Crippen LogP contribution is -2.52. The maximum absolute atomic E-state index is 11.1. The van der Waals surface area contributed by atoms with Crippen molar-refractivity contribution in [2.75, 3.05) is 19.6 Å². The average Bonchev–Trinajstić information content (AvgIpc) is 2.29. The monoisotopic (exact) mass is 156 g/mol. The van der Waals surface area contributed by atoms with Gasteiger partial charge >= 0.3 is 0 Å². The van der Waals surface area contributed by atoms with E-state index in [1.165, 1.54) is 0 Å². The molecule has 2 saturated heterocycles. The Balaban J connectivity index is 2.21. The predicted molar refractivity (Wildman–Crippen MR) is 38.9 cm³/mol. The number of rotatable bonds is 0. The lowest BCUT2D eigenvalue weighted by atomic mass is 9.85. The first kappa shape index (κ1) is 7.06.